The lowest BCUT2D eigenvalue weighted by atomic mass is 10.2. The Bertz CT molecular complexity index is 713. The van der Waals surface area contributed by atoms with Crippen LogP contribution >= 0.6 is 0 Å². The number of hydrogen-bond donors (Lipinski definition) is 2. The van der Waals surface area contributed by atoms with Crippen LogP contribution in [0.5, 0.6) is 11.5 Å². The van der Waals surface area contributed by atoms with E-state index in [0.29, 0.717) is 17.2 Å². The van der Waals surface area contributed by atoms with Crippen LogP contribution in [0.4, 0.5) is 5.69 Å². The molecule has 0 aromatic heterocycles. The number of benzene rings is 2. The molecule has 0 aliphatic rings. The first-order chi connectivity index (χ1) is 11.0. The minimum absolute atomic E-state index is 0.253. The SMILES string of the molecule is CC(=O)NC(C)C(=O)Nc1ccccc1Oc1cccc(C)c1. The maximum Gasteiger partial charge on any atom is 0.246 e. The number of para-hydroxylation sites is 2. The van der Waals surface area contributed by atoms with Crippen LogP contribution < -0.4 is 15.4 Å². The van der Waals surface area contributed by atoms with Crippen LogP contribution in [0.1, 0.15) is 19.4 Å². The summed E-state index contributed by atoms with van der Waals surface area (Å²) in [4.78, 5) is 23.2. The number of carbonyl (C=O) groups is 2. The summed E-state index contributed by atoms with van der Waals surface area (Å²) < 4.78 is 5.85. The minimum atomic E-state index is -0.625. The molecule has 0 radical (unpaired) electrons. The molecule has 0 bridgehead atoms. The number of aryl methyl sites for hydroxylation is 1. The Morgan fingerprint density at radius 2 is 1.83 bits per heavy atom. The quantitative estimate of drug-likeness (QED) is 0.890. The van der Waals surface area contributed by atoms with Crippen LogP contribution in [0.3, 0.4) is 0 Å². The van der Waals surface area contributed by atoms with Gasteiger partial charge in [0.15, 0.2) is 5.75 Å². The second-order valence-electron chi connectivity index (χ2n) is 5.33. The predicted molar refractivity (Wildman–Crippen MR) is 89.6 cm³/mol. The highest BCUT2D eigenvalue weighted by Crippen LogP contribution is 2.29. The van der Waals surface area contributed by atoms with Gasteiger partial charge in [0.2, 0.25) is 11.8 Å². The highest BCUT2D eigenvalue weighted by molar-refractivity contribution is 5.97. The summed E-state index contributed by atoms with van der Waals surface area (Å²) >= 11 is 0. The van der Waals surface area contributed by atoms with Crippen molar-refractivity contribution < 1.29 is 14.3 Å². The summed E-state index contributed by atoms with van der Waals surface area (Å²) in [5, 5.41) is 5.32. The van der Waals surface area contributed by atoms with Gasteiger partial charge in [-0.3, -0.25) is 9.59 Å². The zero-order chi connectivity index (χ0) is 16.8. The fraction of sp³-hybridized carbons (Fsp3) is 0.222. The van der Waals surface area contributed by atoms with Gasteiger partial charge in [-0.1, -0.05) is 24.3 Å². The largest absolute Gasteiger partial charge is 0.455 e. The summed E-state index contributed by atoms with van der Waals surface area (Å²) in [6, 6.07) is 14.2. The molecule has 0 fully saturated rings. The van der Waals surface area contributed by atoms with E-state index in [2.05, 4.69) is 10.6 Å². The molecular weight excluding hydrogens is 292 g/mol. The Labute approximate surface area is 135 Å². The number of nitrogens with one attached hydrogen (secondary N) is 2. The summed E-state index contributed by atoms with van der Waals surface area (Å²) in [5.41, 5.74) is 1.64. The zero-order valence-corrected chi connectivity index (χ0v) is 13.4. The summed E-state index contributed by atoms with van der Waals surface area (Å²) in [5.74, 6) is 0.681. The third-order valence-corrected chi connectivity index (χ3v) is 3.18. The molecule has 2 rings (SSSR count). The van der Waals surface area contributed by atoms with Crippen LogP contribution in [-0.2, 0) is 9.59 Å². The molecule has 2 aromatic rings. The Morgan fingerprint density at radius 3 is 2.52 bits per heavy atom. The van der Waals surface area contributed by atoms with Crippen LogP contribution in [0, 0.1) is 6.92 Å². The van der Waals surface area contributed by atoms with Gasteiger partial charge in [-0.05, 0) is 43.7 Å². The first-order valence-electron chi connectivity index (χ1n) is 7.37. The standard InChI is InChI=1S/C18H20N2O3/c1-12-7-6-8-15(11-12)23-17-10-5-4-9-16(17)20-18(22)13(2)19-14(3)21/h4-11,13H,1-3H3,(H,19,21)(H,20,22). The smallest absolute Gasteiger partial charge is 0.246 e. The lowest BCUT2D eigenvalue weighted by Gasteiger charge is -2.15. The fourth-order valence-electron chi connectivity index (χ4n) is 2.08. The normalized spacial score (nSPS) is 11.4. The molecule has 1 atom stereocenters. The van der Waals surface area contributed by atoms with E-state index >= 15 is 0 Å². The van der Waals surface area contributed by atoms with Crippen molar-refractivity contribution in [1.29, 1.82) is 0 Å². The van der Waals surface area contributed by atoms with E-state index in [9.17, 15) is 9.59 Å². The first-order valence-corrected chi connectivity index (χ1v) is 7.37. The molecule has 120 valence electrons. The highest BCUT2D eigenvalue weighted by Gasteiger charge is 2.15. The van der Waals surface area contributed by atoms with Crippen molar-refractivity contribution in [2.45, 2.75) is 26.8 Å². The second-order valence-corrected chi connectivity index (χ2v) is 5.33. The van der Waals surface area contributed by atoms with Crippen molar-refractivity contribution in [3.8, 4) is 11.5 Å². The third-order valence-electron chi connectivity index (χ3n) is 3.18. The molecule has 0 saturated heterocycles. The fourth-order valence-corrected chi connectivity index (χ4v) is 2.08. The van der Waals surface area contributed by atoms with Crippen molar-refractivity contribution in [2.24, 2.45) is 0 Å². The lowest BCUT2D eigenvalue weighted by molar-refractivity contribution is -0.124. The predicted octanol–water partition coefficient (Wildman–Crippen LogP) is 3.25. The number of rotatable bonds is 5. The van der Waals surface area contributed by atoms with Gasteiger partial charge in [-0.2, -0.15) is 0 Å². The van der Waals surface area contributed by atoms with Gasteiger partial charge in [0.25, 0.3) is 0 Å². The monoisotopic (exact) mass is 312 g/mol. The van der Waals surface area contributed by atoms with Crippen LogP contribution in [0.15, 0.2) is 48.5 Å². The first kappa shape index (κ1) is 16.5. The van der Waals surface area contributed by atoms with Gasteiger partial charge in [0.1, 0.15) is 11.8 Å². The third kappa shape index (κ3) is 4.85. The lowest BCUT2D eigenvalue weighted by Crippen LogP contribution is -2.40. The number of ether oxygens (including phenoxy) is 1. The van der Waals surface area contributed by atoms with Crippen molar-refractivity contribution in [3.63, 3.8) is 0 Å². The van der Waals surface area contributed by atoms with E-state index in [1.54, 1.807) is 19.1 Å². The van der Waals surface area contributed by atoms with Gasteiger partial charge in [-0.15, -0.1) is 0 Å². The average Bonchev–Trinajstić information content (AvgIpc) is 2.48. The number of carbonyl (C=O) groups excluding carboxylic acids is 2. The van der Waals surface area contributed by atoms with Crippen molar-refractivity contribution in [1.82, 2.24) is 5.32 Å². The Kier molecular flexibility index (Phi) is 5.36. The maximum atomic E-state index is 12.1. The van der Waals surface area contributed by atoms with Gasteiger partial charge < -0.3 is 15.4 Å². The van der Waals surface area contributed by atoms with E-state index in [4.69, 9.17) is 4.74 Å². The van der Waals surface area contributed by atoms with E-state index < -0.39 is 6.04 Å². The topological polar surface area (TPSA) is 67.4 Å². The minimum Gasteiger partial charge on any atom is -0.455 e. The molecule has 0 heterocycles. The zero-order valence-electron chi connectivity index (χ0n) is 13.4. The summed E-state index contributed by atoms with van der Waals surface area (Å²) in [6.07, 6.45) is 0. The Balaban J connectivity index is 2.14. The highest BCUT2D eigenvalue weighted by atomic mass is 16.5. The number of amides is 2. The van der Waals surface area contributed by atoms with E-state index in [0.717, 1.165) is 5.56 Å². The van der Waals surface area contributed by atoms with Gasteiger partial charge in [-0.25, -0.2) is 0 Å². The molecule has 2 N–H and O–H groups in total. The summed E-state index contributed by atoms with van der Waals surface area (Å²) in [7, 11) is 0. The van der Waals surface area contributed by atoms with Crippen LogP contribution in [0.25, 0.3) is 0 Å². The molecule has 2 aromatic carbocycles. The molecule has 1 unspecified atom stereocenters. The van der Waals surface area contributed by atoms with Crippen molar-refractivity contribution in [2.75, 3.05) is 5.32 Å². The van der Waals surface area contributed by atoms with Crippen molar-refractivity contribution in [3.05, 3.63) is 54.1 Å². The Hall–Kier alpha value is -2.82. The molecule has 2 amide bonds. The molecule has 23 heavy (non-hydrogen) atoms. The van der Waals surface area contributed by atoms with Crippen LogP contribution in [0.2, 0.25) is 0 Å². The molecule has 5 nitrogen and oxygen atoms in total. The second kappa shape index (κ2) is 7.45. The Morgan fingerprint density at radius 1 is 1.09 bits per heavy atom. The molecule has 0 spiro atoms. The van der Waals surface area contributed by atoms with E-state index in [1.807, 2.05) is 43.3 Å². The molecule has 0 aliphatic carbocycles. The van der Waals surface area contributed by atoms with Gasteiger partial charge in [0, 0.05) is 6.92 Å². The maximum absolute atomic E-state index is 12.1. The molecule has 5 heteroatoms. The van der Waals surface area contributed by atoms with Gasteiger partial charge in [0.05, 0.1) is 5.69 Å². The van der Waals surface area contributed by atoms with E-state index in [-0.39, 0.29) is 11.8 Å². The van der Waals surface area contributed by atoms with Crippen molar-refractivity contribution >= 4 is 17.5 Å². The molecule has 0 aliphatic heterocycles. The number of hydrogen-bond acceptors (Lipinski definition) is 3. The van der Waals surface area contributed by atoms with Gasteiger partial charge >= 0.3 is 0 Å². The molecular formula is C18H20N2O3. The summed E-state index contributed by atoms with van der Waals surface area (Å²) in [6.45, 7) is 4.98. The van der Waals surface area contributed by atoms with Crippen LogP contribution in [-0.4, -0.2) is 17.9 Å². The molecule has 0 saturated carbocycles. The number of anilines is 1. The average molecular weight is 312 g/mol. The van der Waals surface area contributed by atoms with E-state index in [1.165, 1.54) is 6.92 Å².